The molecule has 2 aromatic rings. The van der Waals surface area contributed by atoms with E-state index in [1.807, 2.05) is 26.2 Å². The molecule has 0 radical (unpaired) electrons. The van der Waals surface area contributed by atoms with Crippen LogP contribution in [0.2, 0.25) is 5.02 Å². The lowest BCUT2D eigenvalue weighted by Crippen LogP contribution is -2.61. The minimum absolute atomic E-state index is 0.0118. The maximum Gasteiger partial charge on any atom is 0.281 e. The van der Waals surface area contributed by atoms with Gasteiger partial charge in [-0.05, 0) is 104 Å². The Balaban J connectivity index is 1.17. The number of nitrogens with zero attached hydrogens (tertiary/aromatic N) is 4. The third-order valence-electron chi connectivity index (χ3n) is 13.6. The lowest BCUT2D eigenvalue weighted by Gasteiger charge is -2.52. The summed E-state index contributed by atoms with van der Waals surface area (Å²) in [5, 5.41) is 0.396. The van der Waals surface area contributed by atoms with Gasteiger partial charge in [0.05, 0.1) is 35.6 Å². The topological polar surface area (TPSA) is 96.5 Å². The number of rotatable bonds is 4. The lowest BCUT2D eigenvalue weighted by atomic mass is 9.63. The Morgan fingerprint density at radius 3 is 2.66 bits per heavy atom. The molecule has 6 aliphatic rings. The highest BCUT2D eigenvalue weighted by molar-refractivity contribution is 7.99. The van der Waals surface area contributed by atoms with Gasteiger partial charge in [-0.25, -0.2) is 9.19 Å². The molecule has 1 spiro atoms. The number of pyridine rings is 1. The van der Waals surface area contributed by atoms with Crippen molar-refractivity contribution in [2.75, 3.05) is 77.6 Å². The van der Waals surface area contributed by atoms with Crippen LogP contribution < -0.4 is 14.4 Å². The summed E-state index contributed by atoms with van der Waals surface area (Å²) in [7, 11) is -1.11. The summed E-state index contributed by atoms with van der Waals surface area (Å²) >= 11 is 6.51. The molecule has 53 heavy (non-hydrogen) atoms. The Morgan fingerprint density at radius 2 is 1.94 bits per heavy atom. The average molecular weight is 766 g/mol. The van der Waals surface area contributed by atoms with E-state index in [2.05, 4.69) is 56.5 Å². The zero-order valence-corrected chi connectivity index (χ0v) is 33.1. The van der Waals surface area contributed by atoms with E-state index >= 15 is 0 Å². The molecule has 8 rings (SSSR count). The van der Waals surface area contributed by atoms with Gasteiger partial charge in [0.15, 0.2) is 11.6 Å². The molecule has 5 heterocycles. The number of halogens is 1. The van der Waals surface area contributed by atoms with E-state index in [4.69, 9.17) is 30.8 Å². The van der Waals surface area contributed by atoms with Gasteiger partial charge in [-0.15, -0.1) is 0 Å². The molecule has 288 valence electrons. The number of hydrogen-bond acceptors (Lipinski definition) is 9. The van der Waals surface area contributed by atoms with Gasteiger partial charge in [0.25, 0.3) is 5.91 Å². The van der Waals surface area contributed by atoms with Crippen LogP contribution in [0.15, 0.2) is 42.5 Å². The third kappa shape index (κ3) is 7.15. The van der Waals surface area contributed by atoms with Crippen LogP contribution in [0.5, 0.6) is 5.75 Å². The number of benzene rings is 1. The van der Waals surface area contributed by atoms with Gasteiger partial charge in [-0.2, -0.15) is 0 Å². The summed E-state index contributed by atoms with van der Waals surface area (Å²) < 4.78 is 35.7. The van der Waals surface area contributed by atoms with Crippen molar-refractivity contribution in [2.45, 2.75) is 74.7 Å². The van der Waals surface area contributed by atoms with Crippen molar-refractivity contribution in [3.8, 4) is 5.75 Å². The Bertz CT molecular complexity index is 1830. The second-order valence-corrected chi connectivity index (χ2v) is 19.5. The van der Waals surface area contributed by atoms with Crippen molar-refractivity contribution >= 4 is 38.9 Å². The monoisotopic (exact) mass is 765 g/mol. The lowest BCUT2D eigenvalue weighted by molar-refractivity contribution is -0.107. The van der Waals surface area contributed by atoms with E-state index in [-0.39, 0.29) is 28.2 Å². The molecular formula is C41H56ClN5O5S. The fourth-order valence-corrected chi connectivity index (χ4v) is 11.5. The van der Waals surface area contributed by atoms with E-state index < -0.39 is 21.2 Å². The number of methoxy groups -OCH3 is 1. The van der Waals surface area contributed by atoms with Crippen molar-refractivity contribution in [1.82, 2.24) is 19.5 Å². The first kappa shape index (κ1) is 37.3. The molecule has 1 N–H and O–H groups in total. The van der Waals surface area contributed by atoms with Gasteiger partial charge in [0, 0.05) is 68.6 Å². The number of carbonyl (C=O) groups is 1. The number of ether oxygens (including phenoxy) is 3. The zero-order chi connectivity index (χ0) is 37.0. The van der Waals surface area contributed by atoms with E-state index in [0.29, 0.717) is 43.1 Å². The highest BCUT2D eigenvalue weighted by Gasteiger charge is 2.50. The minimum Gasteiger partial charge on any atom is -0.489 e. The van der Waals surface area contributed by atoms with Crippen LogP contribution >= 0.6 is 11.6 Å². The van der Waals surface area contributed by atoms with Crippen LogP contribution in [0.3, 0.4) is 0 Å². The molecule has 3 fully saturated rings. The normalized spacial score (nSPS) is 36.2. The molecular weight excluding hydrogens is 710 g/mol. The Morgan fingerprint density at radius 1 is 1.13 bits per heavy atom. The maximum atomic E-state index is 14.0. The Labute approximate surface area is 320 Å². The van der Waals surface area contributed by atoms with Crippen molar-refractivity contribution in [3.05, 3.63) is 64.3 Å². The summed E-state index contributed by atoms with van der Waals surface area (Å²) in [6.07, 6.45) is 10.4. The van der Waals surface area contributed by atoms with Crippen LogP contribution in [0.4, 0.5) is 5.82 Å². The van der Waals surface area contributed by atoms with Crippen LogP contribution in [0, 0.1) is 17.8 Å². The maximum absolute atomic E-state index is 14.0. The van der Waals surface area contributed by atoms with E-state index in [0.717, 1.165) is 89.6 Å². The number of carbonyl (C=O) groups excluding carboxylic acids is 1. The van der Waals surface area contributed by atoms with Gasteiger partial charge in [0.2, 0.25) is 0 Å². The first-order valence-electron chi connectivity index (χ1n) is 19.6. The quantitative estimate of drug-likeness (QED) is 0.342. The van der Waals surface area contributed by atoms with E-state index in [1.54, 1.807) is 6.07 Å². The fourth-order valence-electron chi connectivity index (χ4n) is 9.82. The van der Waals surface area contributed by atoms with Gasteiger partial charge in [0.1, 0.15) is 11.3 Å². The molecule has 2 aliphatic carbocycles. The molecule has 1 aromatic heterocycles. The van der Waals surface area contributed by atoms with E-state index in [9.17, 15) is 9.00 Å². The smallest absolute Gasteiger partial charge is 0.281 e. The zero-order valence-electron chi connectivity index (χ0n) is 31.6. The highest BCUT2D eigenvalue weighted by Crippen LogP contribution is 2.49. The second-order valence-electron chi connectivity index (χ2n) is 16.7. The minimum atomic E-state index is -2.99. The molecule has 7 atom stereocenters. The van der Waals surface area contributed by atoms with Crippen LogP contribution in [-0.4, -0.2) is 120 Å². The standard InChI is InChI=1S/C41H56ClN5O5S/c1-28-7-5-16-41(50-3,26-45-17-19-46(20-18-45)33-23-51-24-33)35-11-9-31(35)22-47-25-40(15-6-8-30-21-32(42)10-12-34(30)40)27-52-37-14-13-36(43-38(37)47)39(48)44-53(4,49)29(28)2/h5,10,12-14,16,21,28-29,31,33,35H,4,6-9,11,15,17-20,22-27H2,1-3H3,(H,44,48,49)/b16-5+/t28-,29+,31-,35+,40-,41+,53?/m0/s1. The first-order chi connectivity index (χ1) is 25.5. The van der Waals surface area contributed by atoms with Gasteiger partial charge in [-0.3, -0.25) is 19.3 Å². The van der Waals surface area contributed by atoms with Crippen molar-refractivity contribution in [2.24, 2.45) is 17.8 Å². The number of aromatic nitrogens is 1. The van der Waals surface area contributed by atoms with Crippen LogP contribution in [-0.2, 0) is 31.0 Å². The predicted molar refractivity (Wildman–Crippen MR) is 212 cm³/mol. The van der Waals surface area contributed by atoms with E-state index in [1.165, 1.54) is 11.1 Å². The fraction of sp³-hybridized carbons (Fsp3) is 0.634. The molecule has 1 aromatic carbocycles. The number of anilines is 1. The molecule has 1 saturated carbocycles. The van der Waals surface area contributed by atoms with Crippen molar-refractivity contribution in [1.29, 1.82) is 0 Å². The van der Waals surface area contributed by atoms with Crippen LogP contribution in [0.1, 0.15) is 67.6 Å². The summed E-state index contributed by atoms with van der Waals surface area (Å²) in [5.41, 5.74) is 2.04. The number of amides is 1. The molecule has 1 amide bonds. The molecule has 2 saturated heterocycles. The first-order valence-corrected chi connectivity index (χ1v) is 21.8. The summed E-state index contributed by atoms with van der Waals surface area (Å²) in [6.45, 7) is 12.6. The van der Waals surface area contributed by atoms with Gasteiger partial charge < -0.3 is 19.1 Å². The largest absolute Gasteiger partial charge is 0.489 e. The molecule has 10 nitrogen and oxygen atoms in total. The molecule has 12 heteroatoms. The van der Waals surface area contributed by atoms with Crippen molar-refractivity contribution in [3.63, 3.8) is 0 Å². The molecule has 2 bridgehead atoms. The number of fused-ring (bicyclic) bond motifs is 4. The Hall–Kier alpha value is -2.67. The number of piperazine rings is 1. The highest BCUT2D eigenvalue weighted by atomic mass is 35.5. The average Bonchev–Trinajstić information content (AvgIpc) is 3.25. The number of hydrogen-bond donors (Lipinski definition) is 1. The molecule has 1 unspecified atom stereocenters. The summed E-state index contributed by atoms with van der Waals surface area (Å²) in [5.74, 6) is 5.55. The number of allylic oxidation sites excluding steroid dienone is 1. The van der Waals surface area contributed by atoms with Gasteiger partial charge in [-0.1, -0.05) is 36.7 Å². The number of aryl methyl sites for hydroxylation is 1. The molecule has 4 aliphatic heterocycles. The second kappa shape index (κ2) is 14.8. The van der Waals surface area contributed by atoms with Crippen LogP contribution in [0.25, 0.3) is 0 Å². The summed E-state index contributed by atoms with van der Waals surface area (Å²) in [4.78, 5) is 26.3. The SMILES string of the molecule is C=S1(=O)NC(=O)c2ccc3c(n2)N(C[C@@H]2CC[C@H]2[C@@](CN2CCN(C4COC4)CC2)(OC)/C=C/C[C@H](C)[C@H]1C)C[C@@]1(CCCc2cc(Cl)ccc21)CO3. The third-order valence-corrected chi connectivity index (χ3v) is 16.0. The van der Waals surface area contributed by atoms with Crippen molar-refractivity contribution < 1.29 is 23.2 Å². The number of nitrogens with one attached hydrogen (secondary N) is 1. The summed E-state index contributed by atoms with van der Waals surface area (Å²) in [6, 6.07) is 10.4. The van der Waals surface area contributed by atoms with Gasteiger partial charge >= 0.3 is 0 Å². The Kier molecular flexibility index (Phi) is 10.4. The predicted octanol–water partition coefficient (Wildman–Crippen LogP) is 4.98.